The predicted molar refractivity (Wildman–Crippen MR) is 70.7 cm³/mol. The standard InChI is InChI=1S/C14H22N2O/c1-2-3-9-13(14(15)17)16-11-10-12-7-5-4-6-8-12/h4-8,13,16H,2-3,9-11H2,1H3,(H2,15,17)/t13-/m0/s1. The summed E-state index contributed by atoms with van der Waals surface area (Å²) in [6, 6.07) is 10.1. The fourth-order valence-electron chi connectivity index (χ4n) is 1.79. The summed E-state index contributed by atoms with van der Waals surface area (Å²) in [5.41, 5.74) is 6.63. The van der Waals surface area contributed by atoms with Crippen molar-refractivity contribution in [3.05, 3.63) is 35.9 Å². The van der Waals surface area contributed by atoms with E-state index < -0.39 is 0 Å². The fourth-order valence-corrected chi connectivity index (χ4v) is 1.79. The van der Waals surface area contributed by atoms with E-state index in [9.17, 15) is 4.79 Å². The molecule has 1 atom stereocenters. The quantitative estimate of drug-likeness (QED) is 0.721. The SMILES string of the molecule is CCCC[C@H](NCCc1ccccc1)C(N)=O. The normalized spacial score (nSPS) is 12.3. The fraction of sp³-hybridized carbons (Fsp3) is 0.500. The monoisotopic (exact) mass is 234 g/mol. The largest absolute Gasteiger partial charge is 0.368 e. The molecule has 0 aromatic heterocycles. The summed E-state index contributed by atoms with van der Waals surface area (Å²) >= 11 is 0. The van der Waals surface area contributed by atoms with E-state index in [-0.39, 0.29) is 11.9 Å². The van der Waals surface area contributed by atoms with Gasteiger partial charge in [0.25, 0.3) is 0 Å². The van der Waals surface area contributed by atoms with Gasteiger partial charge >= 0.3 is 0 Å². The molecule has 0 unspecified atom stereocenters. The van der Waals surface area contributed by atoms with Crippen molar-refractivity contribution in [2.75, 3.05) is 6.54 Å². The summed E-state index contributed by atoms with van der Waals surface area (Å²) in [6.07, 6.45) is 3.88. The predicted octanol–water partition coefficient (Wildman–Crippen LogP) is 1.86. The number of nitrogens with two attached hydrogens (primary N) is 1. The van der Waals surface area contributed by atoms with Gasteiger partial charge in [0.15, 0.2) is 0 Å². The van der Waals surface area contributed by atoms with E-state index in [1.807, 2.05) is 18.2 Å². The van der Waals surface area contributed by atoms with Crippen molar-refractivity contribution in [2.45, 2.75) is 38.6 Å². The molecule has 1 amide bonds. The van der Waals surface area contributed by atoms with Crippen molar-refractivity contribution >= 4 is 5.91 Å². The minimum Gasteiger partial charge on any atom is -0.368 e. The second kappa shape index (κ2) is 7.85. The highest BCUT2D eigenvalue weighted by Gasteiger charge is 2.12. The van der Waals surface area contributed by atoms with Crippen LogP contribution in [0.25, 0.3) is 0 Å². The summed E-state index contributed by atoms with van der Waals surface area (Å²) < 4.78 is 0. The van der Waals surface area contributed by atoms with Crippen molar-refractivity contribution in [2.24, 2.45) is 5.73 Å². The molecule has 0 radical (unpaired) electrons. The topological polar surface area (TPSA) is 55.1 Å². The first-order valence-electron chi connectivity index (χ1n) is 6.30. The molecule has 0 heterocycles. The van der Waals surface area contributed by atoms with Crippen LogP contribution in [-0.4, -0.2) is 18.5 Å². The second-order valence-corrected chi connectivity index (χ2v) is 4.29. The maximum atomic E-state index is 11.2. The van der Waals surface area contributed by atoms with Crippen LogP contribution in [0.5, 0.6) is 0 Å². The molecule has 3 N–H and O–H groups in total. The molecular formula is C14H22N2O. The Morgan fingerprint density at radius 3 is 2.65 bits per heavy atom. The van der Waals surface area contributed by atoms with Crippen LogP contribution in [0.15, 0.2) is 30.3 Å². The molecule has 0 saturated heterocycles. The van der Waals surface area contributed by atoms with Gasteiger partial charge < -0.3 is 11.1 Å². The highest BCUT2D eigenvalue weighted by molar-refractivity contribution is 5.79. The molecule has 0 bridgehead atoms. The maximum absolute atomic E-state index is 11.2. The zero-order valence-electron chi connectivity index (χ0n) is 10.5. The maximum Gasteiger partial charge on any atom is 0.234 e. The van der Waals surface area contributed by atoms with Gasteiger partial charge in [0.05, 0.1) is 6.04 Å². The highest BCUT2D eigenvalue weighted by Crippen LogP contribution is 2.02. The Morgan fingerprint density at radius 1 is 1.35 bits per heavy atom. The second-order valence-electron chi connectivity index (χ2n) is 4.29. The van der Waals surface area contributed by atoms with Crippen LogP contribution in [0.4, 0.5) is 0 Å². The van der Waals surface area contributed by atoms with Crippen LogP contribution < -0.4 is 11.1 Å². The van der Waals surface area contributed by atoms with Crippen LogP contribution in [0, 0.1) is 0 Å². The number of primary amides is 1. The average Bonchev–Trinajstić information content (AvgIpc) is 2.34. The smallest absolute Gasteiger partial charge is 0.234 e. The summed E-state index contributed by atoms with van der Waals surface area (Å²) in [7, 11) is 0. The van der Waals surface area contributed by atoms with E-state index in [0.29, 0.717) is 0 Å². The van der Waals surface area contributed by atoms with E-state index in [4.69, 9.17) is 5.73 Å². The summed E-state index contributed by atoms with van der Waals surface area (Å²) in [5.74, 6) is -0.244. The van der Waals surface area contributed by atoms with Gasteiger partial charge in [-0.2, -0.15) is 0 Å². The van der Waals surface area contributed by atoms with E-state index >= 15 is 0 Å². The minimum atomic E-state index is -0.244. The zero-order chi connectivity index (χ0) is 12.5. The molecule has 0 aliphatic rings. The molecule has 0 fully saturated rings. The molecule has 0 spiro atoms. The third-order valence-corrected chi connectivity index (χ3v) is 2.84. The van der Waals surface area contributed by atoms with Gasteiger partial charge in [-0.25, -0.2) is 0 Å². The summed E-state index contributed by atoms with van der Waals surface area (Å²) in [4.78, 5) is 11.2. The minimum absolute atomic E-state index is 0.182. The number of carbonyl (C=O) groups excluding carboxylic acids is 1. The third-order valence-electron chi connectivity index (χ3n) is 2.84. The molecule has 0 aliphatic heterocycles. The van der Waals surface area contributed by atoms with Crippen molar-refractivity contribution < 1.29 is 4.79 Å². The zero-order valence-corrected chi connectivity index (χ0v) is 10.5. The number of nitrogens with one attached hydrogen (secondary N) is 1. The molecule has 0 aliphatic carbocycles. The van der Waals surface area contributed by atoms with Gasteiger partial charge in [0.1, 0.15) is 0 Å². The molecule has 3 nitrogen and oxygen atoms in total. The molecule has 1 aromatic carbocycles. The van der Waals surface area contributed by atoms with Gasteiger partial charge in [-0.1, -0.05) is 50.1 Å². The Kier molecular flexibility index (Phi) is 6.33. The summed E-state index contributed by atoms with van der Waals surface area (Å²) in [6.45, 7) is 2.91. The number of unbranched alkanes of at least 4 members (excludes halogenated alkanes) is 1. The van der Waals surface area contributed by atoms with Gasteiger partial charge in [0.2, 0.25) is 5.91 Å². The number of hydrogen-bond donors (Lipinski definition) is 2. The van der Waals surface area contributed by atoms with Crippen molar-refractivity contribution in [3.8, 4) is 0 Å². The number of carbonyl (C=O) groups is 1. The Balaban J connectivity index is 2.29. The van der Waals surface area contributed by atoms with Crippen LogP contribution >= 0.6 is 0 Å². The Morgan fingerprint density at radius 2 is 2.06 bits per heavy atom. The van der Waals surface area contributed by atoms with Crippen LogP contribution in [0.1, 0.15) is 31.7 Å². The van der Waals surface area contributed by atoms with Crippen molar-refractivity contribution in [3.63, 3.8) is 0 Å². The average molecular weight is 234 g/mol. The lowest BCUT2D eigenvalue weighted by Crippen LogP contribution is -2.42. The lowest BCUT2D eigenvalue weighted by molar-refractivity contribution is -0.120. The Bertz CT molecular complexity index is 324. The van der Waals surface area contributed by atoms with Crippen LogP contribution in [0.3, 0.4) is 0 Å². The van der Waals surface area contributed by atoms with E-state index in [0.717, 1.165) is 32.2 Å². The first kappa shape index (κ1) is 13.7. The molecule has 1 aromatic rings. The number of hydrogen-bond acceptors (Lipinski definition) is 2. The van der Waals surface area contributed by atoms with Crippen LogP contribution in [0.2, 0.25) is 0 Å². The van der Waals surface area contributed by atoms with Gasteiger partial charge in [-0.05, 0) is 24.9 Å². The first-order valence-corrected chi connectivity index (χ1v) is 6.30. The molecule has 17 heavy (non-hydrogen) atoms. The lowest BCUT2D eigenvalue weighted by Gasteiger charge is -2.14. The molecular weight excluding hydrogens is 212 g/mol. The summed E-state index contributed by atoms with van der Waals surface area (Å²) in [5, 5.41) is 3.23. The van der Waals surface area contributed by atoms with Gasteiger partial charge in [0, 0.05) is 0 Å². The molecule has 0 saturated carbocycles. The molecule has 3 heteroatoms. The van der Waals surface area contributed by atoms with Crippen molar-refractivity contribution in [1.82, 2.24) is 5.32 Å². The molecule has 1 rings (SSSR count). The van der Waals surface area contributed by atoms with Crippen LogP contribution in [-0.2, 0) is 11.2 Å². The third kappa shape index (κ3) is 5.50. The Hall–Kier alpha value is -1.35. The highest BCUT2D eigenvalue weighted by atomic mass is 16.1. The Labute approximate surface area is 103 Å². The van der Waals surface area contributed by atoms with Gasteiger partial charge in [-0.3, -0.25) is 4.79 Å². The van der Waals surface area contributed by atoms with E-state index in [1.54, 1.807) is 0 Å². The number of benzene rings is 1. The first-order chi connectivity index (χ1) is 8.24. The van der Waals surface area contributed by atoms with Crippen molar-refractivity contribution in [1.29, 1.82) is 0 Å². The van der Waals surface area contributed by atoms with Gasteiger partial charge in [-0.15, -0.1) is 0 Å². The molecule has 94 valence electrons. The van der Waals surface area contributed by atoms with E-state index in [1.165, 1.54) is 5.56 Å². The van der Waals surface area contributed by atoms with E-state index in [2.05, 4.69) is 24.4 Å². The lowest BCUT2D eigenvalue weighted by atomic mass is 10.1. The number of rotatable bonds is 8. The number of amides is 1.